The van der Waals surface area contributed by atoms with Crippen molar-refractivity contribution in [2.45, 2.75) is 78.3 Å². The van der Waals surface area contributed by atoms with Crippen molar-refractivity contribution in [1.29, 1.82) is 0 Å². The number of nitrogens with one attached hydrogen (secondary N) is 1. The van der Waals surface area contributed by atoms with Gasteiger partial charge < -0.3 is 14.5 Å². The summed E-state index contributed by atoms with van der Waals surface area (Å²) in [5.74, 6) is -0.177. The highest BCUT2D eigenvalue weighted by atomic mass is 16.7. The zero-order chi connectivity index (χ0) is 25.4. The smallest absolute Gasteiger partial charge is 0.210 e. The highest BCUT2D eigenvalue weighted by Gasteiger charge is 2.46. The van der Waals surface area contributed by atoms with Crippen LogP contribution in [0.2, 0.25) is 0 Å². The van der Waals surface area contributed by atoms with Gasteiger partial charge in [0, 0.05) is 17.9 Å². The number of H-pyrrole nitrogens is 1. The number of carbonyl (C=O) groups is 1. The summed E-state index contributed by atoms with van der Waals surface area (Å²) in [6, 6.07) is 8.00. The van der Waals surface area contributed by atoms with Crippen LogP contribution in [-0.2, 0) is 14.3 Å². The molecule has 188 valence electrons. The number of aromatic amines is 1. The van der Waals surface area contributed by atoms with Gasteiger partial charge in [0.2, 0.25) is 5.79 Å². The molecule has 0 saturated carbocycles. The Morgan fingerprint density at radius 2 is 1.94 bits per heavy atom. The third kappa shape index (κ3) is 5.09. The number of ether oxygens (including phenoxy) is 2. The molecule has 36 heavy (non-hydrogen) atoms. The maximum atomic E-state index is 12.7. The summed E-state index contributed by atoms with van der Waals surface area (Å²) in [6.45, 7) is 10.5. The van der Waals surface area contributed by atoms with Crippen LogP contribution in [0.3, 0.4) is 0 Å². The predicted molar refractivity (Wildman–Crippen MR) is 144 cm³/mol. The standard InChI is InChI=1S/C31H36N2O3/c1-19(2)9-8-10-20(3)13-23-14-21(4)17-31(35-23)18-25(24-16-28(34)22(5)15-29(24)36-31)30-32-26-11-6-7-12-27(26)33-30/h6-7,9,11-13,15,17-18,23-24,29H,8,10,14,16H2,1-5H3,(H,32,33)/t23-,24-,29-,31+/m1/s1. The van der Waals surface area contributed by atoms with E-state index in [0.717, 1.165) is 47.3 Å². The molecule has 1 aromatic carbocycles. The van der Waals surface area contributed by atoms with Crippen molar-refractivity contribution in [1.82, 2.24) is 9.97 Å². The predicted octanol–water partition coefficient (Wildman–Crippen LogP) is 7.00. The van der Waals surface area contributed by atoms with Gasteiger partial charge in [-0.15, -0.1) is 0 Å². The lowest BCUT2D eigenvalue weighted by molar-refractivity contribution is -0.220. The van der Waals surface area contributed by atoms with E-state index >= 15 is 0 Å². The Labute approximate surface area is 213 Å². The van der Waals surface area contributed by atoms with Crippen molar-refractivity contribution in [3.63, 3.8) is 0 Å². The van der Waals surface area contributed by atoms with E-state index in [4.69, 9.17) is 14.5 Å². The number of hydrogen-bond donors (Lipinski definition) is 1. The number of allylic oxidation sites excluding steroid dienone is 4. The lowest BCUT2D eigenvalue weighted by Gasteiger charge is -2.45. The van der Waals surface area contributed by atoms with Crippen LogP contribution in [0.4, 0.5) is 0 Å². The number of fused-ring (bicyclic) bond motifs is 2. The number of ketones is 1. The highest BCUT2D eigenvalue weighted by molar-refractivity contribution is 5.97. The van der Waals surface area contributed by atoms with Gasteiger partial charge in [-0.3, -0.25) is 4.79 Å². The Balaban J connectivity index is 1.53. The fourth-order valence-corrected chi connectivity index (χ4v) is 5.49. The van der Waals surface area contributed by atoms with Gasteiger partial charge in [0.1, 0.15) is 5.82 Å². The number of Topliss-reactive ketones (excluding diaryl/α,β-unsaturated/α-hetero) is 1. The Bertz CT molecular complexity index is 1300. The topological polar surface area (TPSA) is 64.2 Å². The first kappa shape index (κ1) is 24.7. The molecule has 4 atom stereocenters. The number of aromatic nitrogens is 2. The van der Waals surface area contributed by atoms with Crippen LogP contribution in [0.25, 0.3) is 16.6 Å². The van der Waals surface area contributed by atoms with Crippen LogP contribution < -0.4 is 0 Å². The first-order chi connectivity index (χ1) is 17.2. The van der Waals surface area contributed by atoms with Crippen molar-refractivity contribution in [2.75, 3.05) is 0 Å². The number of imidazole rings is 1. The minimum Gasteiger partial charge on any atom is -0.338 e. The normalized spacial score (nSPS) is 28.5. The maximum absolute atomic E-state index is 12.7. The molecule has 1 aromatic heterocycles. The average molecular weight is 485 g/mol. The third-order valence-corrected chi connectivity index (χ3v) is 7.26. The molecule has 0 amide bonds. The maximum Gasteiger partial charge on any atom is 0.210 e. The minimum atomic E-state index is -1.00. The van der Waals surface area contributed by atoms with E-state index in [1.54, 1.807) is 0 Å². The molecule has 5 nitrogen and oxygen atoms in total. The number of carbonyl (C=O) groups excluding carboxylic acids is 1. The van der Waals surface area contributed by atoms with Crippen molar-refractivity contribution in [3.8, 4) is 0 Å². The second-order valence-corrected chi connectivity index (χ2v) is 10.8. The molecule has 3 aliphatic rings. The van der Waals surface area contributed by atoms with E-state index in [-0.39, 0.29) is 23.9 Å². The Kier molecular flexibility index (Phi) is 6.71. The van der Waals surface area contributed by atoms with Gasteiger partial charge in [-0.25, -0.2) is 4.98 Å². The summed E-state index contributed by atoms with van der Waals surface area (Å²) < 4.78 is 13.4. The number of rotatable bonds is 5. The Hall–Kier alpha value is -3.02. The Morgan fingerprint density at radius 1 is 1.14 bits per heavy atom. The average Bonchev–Trinajstić information content (AvgIpc) is 3.23. The quantitative estimate of drug-likeness (QED) is 0.464. The molecule has 2 aliphatic heterocycles. The van der Waals surface area contributed by atoms with Crippen LogP contribution in [0.1, 0.15) is 66.1 Å². The van der Waals surface area contributed by atoms with Crippen molar-refractivity contribution < 1.29 is 14.3 Å². The van der Waals surface area contributed by atoms with Crippen LogP contribution >= 0.6 is 0 Å². The van der Waals surface area contributed by atoms with Gasteiger partial charge in [-0.1, -0.05) is 41.0 Å². The Morgan fingerprint density at radius 3 is 2.72 bits per heavy atom. The fraction of sp³-hybridized carbons (Fsp3) is 0.419. The highest BCUT2D eigenvalue weighted by Crippen LogP contribution is 2.45. The number of nitrogens with zero attached hydrogens (tertiary/aromatic N) is 1. The second-order valence-electron chi connectivity index (χ2n) is 10.8. The lowest BCUT2D eigenvalue weighted by Crippen LogP contribution is -2.48. The first-order valence-corrected chi connectivity index (χ1v) is 13.0. The molecule has 3 heterocycles. The lowest BCUT2D eigenvalue weighted by atomic mass is 9.78. The van der Waals surface area contributed by atoms with E-state index in [1.807, 2.05) is 37.3 Å². The van der Waals surface area contributed by atoms with Crippen LogP contribution in [-0.4, -0.2) is 33.7 Å². The van der Waals surface area contributed by atoms with Gasteiger partial charge in [-0.2, -0.15) is 0 Å². The largest absolute Gasteiger partial charge is 0.338 e. The molecule has 0 fully saturated rings. The van der Waals surface area contributed by atoms with Crippen LogP contribution in [0.5, 0.6) is 0 Å². The van der Waals surface area contributed by atoms with E-state index in [0.29, 0.717) is 6.42 Å². The van der Waals surface area contributed by atoms with E-state index in [2.05, 4.69) is 57.0 Å². The molecule has 1 N–H and O–H groups in total. The molecular weight excluding hydrogens is 448 g/mol. The summed E-state index contributed by atoms with van der Waals surface area (Å²) in [4.78, 5) is 21.0. The minimum absolute atomic E-state index is 0.0817. The molecule has 0 radical (unpaired) electrons. The van der Waals surface area contributed by atoms with Gasteiger partial charge in [-0.05, 0) is 89.8 Å². The number of benzene rings is 1. The number of hydrogen-bond acceptors (Lipinski definition) is 4. The van der Waals surface area contributed by atoms with Gasteiger partial charge in [0.05, 0.1) is 23.2 Å². The van der Waals surface area contributed by atoms with Crippen LogP contribution in [0.15, 0.2) is 76.9 Å². The summed E-state index contributed by atoms with van der Waals surface area (Å²) >= 11 is 0. The molecule has 1 aliphatic carbocycles. The van der Waals surface area contributed by atoms with Gasteiger partial charge in [0.15, 0.2) is 5.78 Å². The summed E-state index contributed by atoms with van der Waals surface area (Å²) in [5.41, 5.74) is 7.50. The fourth-order valence-electron chi connectivity index (χ4n) is 5.49. The number of para-hydroxylation sites is 2. The molecular formula is C31H36N2O3. The zero-order valence-electron chi connectivity index (χ0n) is 21.9. The van der Waals surface area contributed by atoms with E-state index in [1.165, 1.54) is 16.7 Å². The molecule has 0 unspecified atom stereocenters. The molecule has 0 bridgehead atoms. The molecule has 2 aromatic rings. The summed E-state index contributed by atoms with van der Waals surface area (Å²) in [7, 11) is 0. The SMILES string of the molecule is CC(C)=CCCC(C)=C[C@@H]1CC(C)=C[C@]2(C=C(c3nc4ccccc4[nH]3)[C@H]3CC(=O)C(C)=C[C@H]3O2)O1. The second kappa shape index (κ2) is 9.79. The van der Waals surface area contributed by atoms with Crippen molar-refractivity contribution in [2.24, 2.45) is 5.92 Å². The summed E-state index contributed by atoms with van der Waals surface area (Å²) in [5, 5.41) is 0. The molecule has 0 saturated heterocycles. The summed E-state index contributed by atoms with van der Waals surface area (Å²) in [6.07, 6.45) is 13.6. The van der Waals surface area contributed by atoms with Crippen LogP contribution in [0, 0.1) is 5.92 Å². The van der Waals surface area contributed by atoms with E-state index < -0.39 is 5.79 Å². The molecule has 5 rings (SSSR count). The van der Waals surface area contributed by atoms with Gasteiger partial charge in [0.25, 0.3) is 0 Å². The van der Waals surface area contributed by atoms with E-state index in [9.17, 15) is 4.79 Å². The molecule has 5 heteroatoms. The monoisotopic (exact) mass is 484 g/mol. The van der Waals surface area contributed by atoms with Gasteiger partial charge >= 0.3 is 0 Å². The van der Waals surface area contributed by atoms with Crippen molar-refractivity contribution >= 4 is 22.4 Å². The third-order valence-electron chi connectivity index (χ3n) is 7.26. The zero-order valence-corrected chi connectivity index (χ0v) is 21.9. The van der Waals surface area contributed by atoms with Crippen molar-refractivity contribution in [3.05, 3.63) is 82.8 Å². The first-order valence-electron chi connectivity index (χ1n) is 13.0. The molecule has 1 spiro atoms.